The Kier molecular flexibility index (Phi) is 5.50. The number of halogens is 4. The highest BCUT2D eigenvalue weighted by atomic mass is 79.9. The largest absolute Gasteiger partial charge is 0.435 e. The van der Waals surface area contributed by atoms with E-state index in [0.29, 0.717) is 29.2 Å². The quantitative estimate of drug-likeness (QED) is 0.393. The second-order valence-corrected chi connectivity index (χ2v) is 6.60. The summed E-state index contributed by atoms with van der Waals surface area (Å²) in [6, 6.07) is 7.46. The van der Waals surface area contributed by atoms with E-state index in [-0.39, 0.29) is 4.62 Å². The summed E-state index contributed by atoms with van der Waals surface area (Å²) in [7, 11) is 0. The van der Waals surface area contributed by atoms with Gasteiger partial charge in [-0.2, -0.15) is 13.2 Å². The summed E-state index contributed by atoms with van der Waals surface area (Å²) in [4.78, 5) is 13.2. The van der Waals surface area contributed by atoms with Crippen LogP contribution in [0.1, 0.15) is 23.6 Å². The van der Waals surface area contributed by atoms with Crippen molar-refractivity contribution in [1.82, 2.24) is 9.97 Å². The molecular weight excluding hydrogens is 427 g/mol. The minimum atomic E-state index is -4.45. The van der Waals surface area contributed by atoms with Gasteiger partial charge in [-0.15, -0.1) is 0 Å². The van der Waals surface area contributed by atoms with Crippen molar-refractivity contribution in [2.45, 2.75) is 26.4 Å². The Morgan fingerprint density at radius 1 is 1.30 bits per heavy atom. The van der Waals surface area contributed by atoms with Crippen molar-refractivity contribution in [3.8, 4) is 11.6 Å². The van der Waals surface area contributed by atoms with Crippen LogP contribution in [0.2, 0.25) is 0 Å². The van der Waals surface area contributed by atoms with Crippen molar-refractivity contribution in [2.24, 2.45) is 5.16 Å². The van der Waals surface area contributed by atoms with E-state index in [9.17, 15) is 13.2 Å². The van der Waals surface area contributed by atoms with Crippen LogP contribution in [0.25, 0.3) is 22.7 Å². The molecule has 0 saturated heterocycles. The maximum absolute atomic E-state index is 12.1. The molecule has 0 aliphatic heterocycles. The Labute approximate surface area is 161 Å². The third-order valence-corrected chi connectivity index (χ3v) is 4.31. The predicted molar refractivity (Wildman–Crippen MR) is 98.8 cm³/mol. The summed E-state index contributed by atoms with van der Waals surface area (Å²) in [5, 5.41) is 3.44. The molecule has 0 saturated carbocycles. The maximum atomic E-state index is 12.1. The van der Waals surface area contributed by atoms with Crippen LogP contribution in [-0.4, -0.2) is 27.4 Å². The minimum absolute atomic E-state index is 0.119. The smallest absolute Gasteiger partial charge is 0.425 e. The van der Waals surface area contributed by atoms with E-state index in [1.165, 1.54) is 6.20 Å². The minimum Gasteiger partial charge on any atom is -0.435 e. The lowest BCUT2D eigenvalue weighted by molar-refractivity contribution is -0.173. The predicted octanol–water partition coefficient (Wildman–Crippen LogP) is 5.40. The summed E-state index contributed by atoms with van der Waals surface area (Å²) in [6.07, 6.45) is -2.35. The Balaban J connectivity index is 1.90. The Morgan fingerprint density at radius 2 is 2.07 bits per heavy atom. The lowest BCUT2D eigenvalue weighted by atomic mass is 10.1. The molecule has 0 unspecified atom stereocenters. The number of oxazole rings is 1. The zero-order valence-electron chi connectivity index (χ0n) is 14.5. The van der Waals surface area contributed by atoms with Crippen LogP contribution in [0.15, 0.2) is 40.0 Å². The highest BCUT2D eigenvalue weighted by Gasteiger charge is 2.28. The number of aromatic nitrogens is 2. The van der Waals surface area contributed by atoms with Gasteiger partial charge >= 0.3 is 6.18 Å². The van der Waals surface area contributed by atoms with Gasteiger partial charge in [0.05, 0.1) is 0 Å². The molecule has 5 nitrogen and oxygen atoms in total. The first-order valence-electron chi connectivity index (χ1n) is 8.06. The number of alkyl halides is 3. The molecule has 142 valence electrons. The first-order chi connectivity index (χ1) is 12.8. The van der Waals surface area contributed by atoms with Gasteiger partial charge in [0.1, 0.15) is 11.2 Å². The normalized spacial score (nSPS) is 12.6. The maximum Gasteiger partial charge on any atom is 0.425 e. The number of fused-ring (bicyclic) bond motifs is 1. The van der Waals surface area contributed by atoms with Crippen molar-refractivity contribution in [3.63, 3.8) is 0 Å². The van der Waals surface area contributed by atoms with E-state index < -0.39 is 12.8 Å². The molecule has 9 heteroatoms. The van der Waals surface area contributed by atoms with Crippen molar-refractivity contribution < 1.29 is 22.4 Å². The molecule has 2 aromatic heterocycles. The Bertz CT molecular complexity index is 999. The molecule has 0 bridgehead atoms. The van der Waals surface area contributed by atoms with Gasteiger partial charge in [-0.3, -0.25) is 4.98 Å². The molecule has 3 rings (SSSR count). The molecule has 0 aliphatic carbocycles. The Hall–Kier alpha value is -2.42. The first kappa shape index (κ1) is 19.3. The lowest BCUT2D eigenvalue weighted by Crippen LogP contribution is -2.15. The second kappa shape index (κ2) is 7.67. The first-order valence-corrected chi connectivity index (χ1v) is 8.85. The fraction of sp³-hybridized carbons (Fsp3) is 0.278. The molecule has 0 amide bonds. The van der Waals surface area contributed by atoms with Gasteiger partial charge in [0.25, 0.3) is 0 Å². The SMILES string of the molecule is CCc1cc(/C(Br)=N/OCC(F)(F)F)cnc1-c1nc2cc(C)ccc2o1. The molecule has 0 spiro atoms. The number of hydrogen-bond donors (Lipinski definition) is 0. The van der Waals surface area contributed by atoms with E-state index in [1.807, 2.05) is 32.0 Å². The van der Waals surface area contributed by atoms with Crippen molar-refractivity contribution in [1.29, 1.82) is 0 Å². The summed E-state index contributed by atoms with van der Waals surface area (Å²) in [5.41, 5.74) is 4.35. The van der Waals surface area contributed by atoms with Crippen LogP contribution in [0, 0.1) is 6.92 Å². The van der Waals surface area contributed by atoms with Gasteiger partial charge in [-0.25, -0.2) is 4.98 Å². The highest BCUT2D eigenvalue weighted by Crippen LogP contribution is 2.27. The lowest BCUT2D eigenvalue weighted by Gasteiger charge is -2.07. The highest BCUT2D eigenvalue weighted by molar-refractivity contribution is 9.18. The van der Waals surface area contributed by atoms with Crippen LogP contribution in [0.4, 0.5) is 13.2 Å². The number of nitrogens with zero attached hydrogens (tertiary/aromatic N) is 3. The van der Waals surface area contributed by atoms with E-state index in [1.54, 1.807) is 6.07 Å². The molecule has 0 N–H and O–H groups in total. The molecule has 0 atom stereocenters. The van der Waals surface area contributed by atoms with E-state index in [4.69, 9.17) is 4.42 Å². The standard InChI is InChI=1S/C18H15BrF3N3O2/c1-3-11-7-12(16(19)25-26-9-18(20,21)22)8-23-15(11)17-24-13-6-10(2)4-5-14(13)27-17/h4-8H,3,9H2,1-2H3/b25-16-. The monoisotopic (exact) mass is 441 g/mol. The van der Waals surface area contributed by atoms with Crippen molar-refractivity contribution >= 4 is 31.7 Å². The molecule has 0 radical (unpaired) electrons. The molecular formula is C18H15BrF3N3O2. The summed E-state index contributed by atoms with van der Waals surface area (Å²) in [5.74, 6) is 0.389. The number of oxime groups is 1. The molecule has 3 aromatic rings. The van der Waals surface area contributed by atoms with Crippen LogP contribution in [0.3, 0.4) is 0 Å². The van der Waals surface area contributed by atoms with Crippen LogP contribution in [0.5, 0.6) is 0 Å². The van der Waals surface area contributed by atoms with Crippen molar-refractivity contribution in [2.75, 3.05) is 6.61 Å². The average Bonchev–Trinajstić information content (AvgIpc) is 3.02. The number of rotatable bonds is 5. The molecule has 0 fully saturated rings. The molecule has 2 heterocycles. The van der Waals surface area contributed by atoms with Gasteiger partial charge in [0.15, 0.2) is 10.2 Å². The van der Waals surface area contributed by atoms with Crippen molar-refractivity contribution in [3.05, 3.63) is 47.2 Å². The number of aryl methyl sites for hydroxylation is 2. The molecule has 27 heavy (non-hydrogen) atoms. The van der Waals surface area contributed by atoms with Gasteiger partial charge in [-0.05, 0) is 58.6 Å². The zero-order valence-corrected chi connectivity index (χ0v) is 16.1. The van der Waals surface area contributed by atoms with Gasteiger partial charge in [-0.1, -0.05) is 18.1 Å². The molecule has 1 aromatic carbocycles. The van der Waals surface area contributed by atoms with Gasteiger partial charge in [0.2, 0.25) is 12.5 Å². The zero-order chi connectivity index (χ0) is 19.6. The number of hydrogen-bond acceptors (Lipinski definition) is 5. The summed E-state index contributed by atoms with van der Waals surface area (Å²) < 4.78 is 42.3. The topological polar surface area (TPSA) is 60.5 Å². The summed E-state index contributed by atoms with van der Waals surface area (Å²) in [6.45, 7) is 2.44. The fourth-order valence-corrected chi connectivity index (χ4v) is 2.76. The summed E-state index contributed by atoms with van der Waals surface area (Å²) >= 11 is 3.11. The molecule has 0 aliphatic rings. The van der Waals surface area contributed by atoms with E-state index in [0.717, 1.165) is 16.6 Å². The van der Waals surface area contributed by atoms with Crippen LogP contribution >= 0.6 is 15.9 Å². The number of pyridine rings is 1. The third kappa shape index (κ3) is 4.65. The second-order valence-electron chi connectivity index (χ2n) is 5.85. The van der Waals surface area contributed by atoms with Crippen LogP contribution in [-0.2, 0) is 11.3 Å². The Morgan fingerprint density at radius 3 is 2.78 bits per heavy atom. The average molecular weight is 442 g/mol. The van der Waals surface area contributed by atoms with Gasteiger partial charge < -0.3 is 9.25 Å². The van der Waals surface area contributed by atoms with E-state index >= 15 is 0 Å². The van der Waals surface area contributed by atoms with Crippen LogP contribution < -0.4 is 0 Å². The van der Waals surface area contributed by atoms with E-state index in [2.05, 4.69) is 35.9 Å². The third-order valence-electron chi connectivity index (χ3n) is 3.70. The van der Waals surface area contributed by atoms with Gasteiger partial charge in [0, 0.05) is 11.8 Å². The number of benzene rings is 1. The fourth-order valence-electron chi connectivity index (χ4n) is 2.44.